The number of halogens is 3. The van der Waals surface area contributed by atoms with Crippen LogP contribution in [0.5, 0.6) is 5.75 Å². The molecule has 1 aromatic rings. The molecular formula is C20H31F2IN4O2. The van der Waals surface area contributed by atoms with Crippen molar-refractivity contribution in [1.29, 1.82) is 0 Å². The average molecular weight is 524 g/mol. The maximum Gasteiger partial charge on any atom is 0.191 e. The van der Waals surface area contributed by atoms with E-state index in [-0.39, 0.29) is 24.0 Å². The third kappa shape index (κ3) is 7.86. The number of aliphatic imine (C=N–C) groups is 1. The van der Waals surface area contributed by atoms with Crippen molar-refractivity contribution in [2.45, 2.75) is 25.3 Å². The van der Waals surface area contributed by atoms with Crippen molar-refractivity contribution in [2.24, 2.45) is 10.9 Å². The highest BCUT2D eigenvalue weighted by Crippen LogP contribution is 2.18. The van der Waals surface area contributed by atoms with Gasteiger partial charge in [0.15, 0.2) is 17.6 Å². The molecule has 3 rings (SSSR count). The highest BCUT2D eigenvalue weighted by atomic mass is 127. The quantitative estimate of drug-likeness (QED) is 0.249. The number of benzene rings is 1. The van der Waals surface area contributed by atoms with Crippen molar-refractivity contribution < 1.29 is 18.3 Å². The number of piperidine rings is 1. The molecule has 2 saturated heterocycles. The van der Waals surface area contributed by atoms with Gasteiger partial charge in [-0.1, -0.05) is 0 Å². The van der Waals surface area contributed by atoms with Crippen LogP contribution in [0.4, 0.5) is 8.78 Å². The topological polar surface area (TPSA) is 58.1 Å². The van der Waals surface area contributed by atoms with E-state index in [0.717, 1.165) is 63.8 Å². The normalized spacial score (nSPS) is 20.9. The maximum absolute atomic E-state index is 13.2. The molecule has 2 N–H and O–H groups in total. The van der Waals surface area contributed by atoms with E-state index in [2.05, 4.69) is 20.5 Å². The van der Waals surface area contributed by atoms with E-state index < -0.39 is 11.6 Å². The number of hydrogen-bond donors (Lipinski definition) is 2. The molecule has 0 aromatic heterocycles. The molecule has 164 valence electrons. The molecule has 0 radical (unpaired) electrons. The van der Waals surface area contributed by atoms with Crippen LogP contribution >= 0.6 is 24.0 Å². The summed E-state index contributed by atoms with van der Waals surface area (Å²) in [5, 5.41) is 6.66. The largest absolute Gasteiger partial charge is 0.492 e. The van der Waals surface area contributed by atoms with Crippen molar-refractivity contribution in [3.8, 4) is 5.75 Å². The number of nitrogens with zero attached hydrogens (tertiary/aromatic N) is 2. The Bertz CT molecular complexity index is 651. The van der Waals surface area contributed by atoms with Gasteiger partial charge in [-0.25, -0.2) is 8.78 Å². The van der Waals surface area contributed by atoms with Crippen molar-refractivity contribution >= 4 is 29.9 Å². The fourth-order valence-electron chi connectivity index (χ4n) is 3.65. The first-order valence-electron chi connectivity index (χ1n) is 9.99. The number of guanidine groups is 1. The van der Waals surface area contributed by atoms with Gasteiger partial charge >= 0.3 is 0 Å². The van der Waals surface area contributed by atoms with Gasteiger partial charge in [-0.2, -0.15) is 0 Å². The Morgan fingerprint density at radius 2 is 2.03 bits per heavy atom. The van der Waals surface area contributed by atoms with E-state index in [1.54, 1.807) is 7.05 Å². The standard InChI is InChI=1S/C20H30F2N4O2.HI/c1-23-20(24-7-11-28-17-2-3-18(21)19(22)12-17)25-16-4-8-26(9-5-16)13-15-6-10-27-14-15;/h2-3,12,15-16H,4-11,13-14H2,1H3,(H2,23,24,25);1H. The summed E-state index contributed by atoms with van der Waals surface area (Å²) in [5.74, 6) is -0.0545. The zero-order valence-electron chi connectivity index (χ0n) is 16.8. The van der Waals surface area contributed by atoms with E-state index in [9.17, 15) is 8.78 Å². The molecule has 6 nitrogen and oxygen atoms in total. The van der Waals surface area contributed by atoms with Crippen LogP contribution in [0.15, 0.2) is 23.2 Å². The Labute approximate surface area is 188 Å². The predicted octanol–water partition coefficient (Wildman–Crippen LogP) is 2.63. The zero-order valence-corrected chi connectivity index (χ0v) is 19.2. The van der Waals surface area contributed by atoms with Crippen molar-refractivity contribution in [3.05, 3.63) is 29.8 Å². The third-order valence-electron chi connectivity index (χ3n) is 5.25. The molecule has 29 heavy (non-hydrogen) atoms. The van der Waals surface area contributed by atoms with Gasteiger partial charge in [-0.3, -0.25) is 4.99 Å². The summed E-state index contributed by atoms with van der Waals surface area (Å²) >= 11 is 0. The summed E-state index contributed by atoms with van der Waals surface area (Å²) in [7, 11) is 1.74. The van der Waals surface area contributed by atoms with Gasteiger partial charge in [-0.15, -0.1) is 24.0 Å². The van der Waals surface area contributed by atoms with Gasteiger partial charge < -0.3 is 25.0 Å². The molecule has 1 aromatic carbocycles. The summed E-state index contributed by atoms with van der Waals surface area (Å²) in [6, 6.07) is 3.92. The molecule has 0 saturated carbocycles. The Hall–Kier alpha value is -1.20. The van der Waals surface area contributed by atoms with E-state index in [1.807, 2.05) is 0 Å². The van der Waals surface area contributed by atoms with Crippen molar-refractivity contribution in [1.82, 2.24) is 15.5 Å². The van der Waals surface area contributed by atoms with Crippen LogP contribution in [-0.4, -0.2) is 69.9 Å². The second-order valence-electron chi connectivity index (χ2n) is 7.37. The lowest BCUT2D eigenvalue weighted by atomic mass is 10.0. The first-order valence-corrected chi connectivity index (χ1v) is 9.99. The fourth-order valence-corrected chi connectivity index (χ4v) is 3.65. The zero-order chi connectivity index (χ0) is 19.8. The van der Waals surface area contributed by atoms with Crippen molar-refractivity contribution in [3.63, 3.8) is 0 Å². The lowest BCUT2D eigenvalue weighted by Gasteiger charge is -2.34. The highest BCUT2D eigenvalue weighted by Gasteiger charge is 2.24. The number of likely N-dealkylation sites (tertiary alicyclic amines) is 1. The van der Waals surface area contributed by atoms with Crippen LogP contribution in [0.3, 0.4) is 0 Å². The monoisotopic (exact) mass is 524 g/mol. The Balaban J connectivity index is 0.00000300. The van der Waals surface area contributed by atoms with E-state index in [4.69, 9.17) is 9.47 Å². The second-order valence-corrected chi connectivity index (χ2v) is 7.37. The van der Waals surface area contributed by atoms with Crippen LogP contribution in [0.25, 0.3) is 0 Å². The Kier molecular flexibility index (Phi) is 10.4. The Morgan fingerprint density at radius 3 is 2.69 bits per heavy atom. The molecular weight excluding hydrogens is 493 g/mol. The van der Waals surface area contributed by atoms with E-state index >= 15 is 0 Å². The van der Waals surface area contributed by atoms with Crippen LogP contribution in [-0.2, 0) is 4.74 Å². The van der Waals surface area contributed by atoms with Gasteiger partial charge in [0, 0.05) is 45.4 Å². The first kappa shape index (κ1) is 24.1. The SMILES string of the molecule is CN=C(NCCOc1ccc(F)c(F)c1)NC1CCN(CC2CCOC2)CC1.I. The fraction of sp³-hybridized carbons (Fsp3) is 0.650. The summed E-state index contributed by atoms with van der Waals surface area (Å²) in [4.78, 5) is 6.78. The van der Waals surface area contributed by atoms with Crippen LogP contribution in [0.1, 0.15) is 19.3 Å². The lowest BCUT2D eigenvalue weighted by Crippen LogP contribution is -2.49. The summed E-state index contributed by atoms with van der Waals surface area (Å²) in [6.45, 7) is 5.97. The number of rotatable bonds is 7. The molecule has 2 aliphatic rings. The molecule has 0 aliphatic carbocycles. The molecule has 0 bridgehead atoms. The van der Waals surface area contributed by atoms with Gasteiger partial charge in [0.2, 0.25) is 0 Å². The van der Waals surface area contributed by atoms with Gasteiger partial charge in [-0.05, 0) is 37.3 Å². The summed E-state index contributed by atoms with van der Waals surface area (Å²) in [6.07, 6.45) is 3.35. The minimum atomic E-state index is -0.908. The van der Waals surface area contributed by atoms with Crippen LogP contribution < -0.4 is 15.4 Å². The lowest BCUT2D eigenvalue weighted by molar-refractivity contribution is 0.150. The smallest absolute Gasteiger partial charge is 0.191 e. The summed E-state index contributed by atoms with van der Waals surface area (Å²) < 4.78 is 37.0. The van der Waals surface area contributed by atoms with E-state index in [1.165, 1.54) is 12.5 Å². The molecule has 9 heteroatoms. The Morgan fingerprint density at radius 1 is 1.24 bits per heavy atom. The third-order valence-corrected chi connectivity index (χ3v) is 5.25. The predicted molar refractivity (Wildman–Crippen MR) is 120 cm³/mol. The van der Waals surface area contributed by atoms with Crippen molar-refractivity contribution in [2.75, 3.05) is 53.0 Å². The van der Waals surface area contributed by atoms with Gasteiger partial charge in [0.1, 0.15) is 12.4 Å². The summed E-state index contributed by atoms with van der Waals surface area (Å²) in [5.41, 5.74) is 0. The number of nitrogens with one attached hydrogen (secondary N) is 2. The maximum atomic E-state index is 13.2. The average Bonchev–Trinajstić information content (AvgIpc) is 3.21. The number of ether oxygens (including phenoxy) is 2. The van der Waals surface area contributed by atoms with Crippen LogP contribution in [0.2, 0.25) is 0 Å². The molecule has 1 atom stereocenters. The molecule has 2 fully saturated rings. The minimum Gasteiger partial charge on any atom is -0.492 e. The minimum absolute atomic E-state index is 0. The first-order chi connectivity index (χ1) is 13.6. The highest BCUT2D eigenvalue weighted by molar-refractivity contribution is 14.0. The van der Waals surface area contributed by atoms with Gasteiger partial charge in [0.25, 0.3) is 0 Å². The van der Waals surface area contributed by atoms with Crippen LogP contribution in [0, 0.1) is 17.6 Å². The molecule has 0 spiro atoms. The molecule has 0 amide bonds. The second kappa shape index (κ2) is 12.5. The van der Waals surface area contributed by atoms with Gasteiger partial charge in [0.05, 0.1) is 13.2 Å². The molecule has 2 heterocycles. The number of hydrogen-bond acceptors (Lipinski definition) is 4. The molecule has 1 unspecified atom stereocenters. The van der Waals surface area contributed by atoms with E-state index in [0.29, 0.717) is 30.9 Å². The molecule has 2 aliphatic heterocycles.